The van der Waals surface area contributed by atoms with Gasteiger partial charge in [0, 0.05) is 12.1 Å². The third-order valence-corrected chi connectivity index (χ3v) is 6.70. The van der Waals surface area contributed by atoms with Crippen molar-refractivity contribution < 1.29 is 71.6 Å². The van der Waals surface area contributed by atoms with Crippen molar-refractivity contribution in [2.75, 3.05) is 4.31 Å². The summed E-state index contributed by atoms with van der Waals surface area (Å²) in [6.45, 7) is 0. The van der Waals surface area contributed by atoms with Gasteiger partial charge in [0.05, 0.1) is 20.0 Å². The largest absolute Gasteiger partial charge is 0.465 e. The molecule has 0 radical (unpaired) electrons. The fraction of sp³-hybridized carbons (Fsp3) is 0.222. The second kappa shape index (κ2) is 10.2. The van der Waals surface area contributed by atoms with Crippen LogP contribution >= 0.6 is 15.9 Å². The first-order valence-electron chi connectivity index (χ1n) is 9.21. The SMILES string of the molecule is O=C(Oc1ccc(N(C(=O)C(F)(F)C(F)(F)F)S(=O)(=O)c2ccc([N+](=O)[O-])cc2)cc1Br)C(F)(F)C(F)(F)F. The average molecular weight is 665 g/mol. The molecule has 214 valence electrons. The van der Waals surface area contributed by atoms with E-state index < -0.39 is 81.8 Å². The van der Waals surface area contributed by atoms with Crippen molar-refractivity contribution in [1.82, 2.24) is 0 Å². The summed E-state index contributed by atoms with van der Waals surface area (Å²) in [5, 5.41) is 10.7. The number of amides is 1. The van der Waals surface area contributed by atoms with E-state index in [1.807, 2.05) is 0 Å². The number of nitro groups is 1. The van der Waals surface area contributed by atoms with E-state index in [4.69, 9.17) is 0 Å². The number of ether oxygens (including phenoxy) is 1. The maximum Gasteiger partial charge on any atom is 0.465 e. The van der Waals surface area contributed by atoms with Gasteiger partial charge in [0.15, 0.2) is 0 Å². The van der Waals surface area contributed by atoms with Crippen LogP contribution in [0.15, 0.2) is 51.8 Å². The van der Waals surface area contributed by atoms with Crippen LogP contribution in [0.1, 0.15) is 0 Å². The highest BCUT2D eigenvalue weighted by atomic mass is 79.9. The van der Waals surface area contributed by atoms with Crippen molar-refractivity contribution in [1.29, 1.82) is 0 Å². The molecule has 0 aliphatic rings. The second-order valence-corrected chi connectivity index (χ2v) is 9.62. The highest BCUT2D eigenvalue weighted by Gasteiger charge is 2.67. The Hall–Kier alpha value is -3.49. The normalized spacial score (nSPS) is 13.1. The first-order chi connectivity index (χ1) is 17.5. The van der Waals surface area contributed by atoms with Crippen LogP contribution in [0.25, 0.3) is 0 Å². The van der Waals surface area contributed by atoms with Crippen molar-refractivity contribution in [2.45, 2.75) is 29.1 Å². The minimum Gasteiger partial charge on any atom is -0.421 e. The van der Waals surface area contributed by atoms with Gasteiger partial charge in [-0.25, -0.2) is 13.2 Å². The summed E-state index contributed by atoms with van der Waals surface area (Å²) in [4.78, 5) is 32.0. The molecule has 21 heteroatoms. The standard InChI is InChI=1S/C18H7BrF10N2O7S/c19-11-7-9(3-6-12(11)38-14(33)16(22,23)18(27,28)29)30(13(32)15(20,21)17(24,25)26)39(36,37)10-4-1-8(2-5-10)31(34)35/h1-7H. The molecule has 0 saturated heterocycles. The van der Waals surface area contributed by atoms with Gasteiger partial charge >= 0.3 is 36.1 Å². The van der Waals surface area contributed by atoms with Crippen LogP contribution in [0.5, 0.6) is 5.75 Å². The van der Waals surface area contributed by atoms with Gasteiger partial charge < -0.3 is 4.74 Å². The number of carbonyl (C=O) groups excluding carboxylic acids is 2. The monoisotopic (exact) mass is 664 g/mol. The van der Waals surface area contributed by atoms with Crippen LogP contribution in [0.2, 0.25) is 0 Å². The molecule has 1 amide bonds. The molecule has 0 aliphatic heterocycles. The highest BCUT2D eigenvalue weighted by molar-refractivity contribution is 9.10. The number of nitrogens with zero attached hydrogens (tertiary/aromatic N) is 2. The first kappa shape index (κ1) is 31.7. The van der Waals surface area contributed by atoms with Crippen LogP contribution in [0.4, 0.5) is 55.3 Å². The first-order valence-corrected chi connectivity index (χ1v) is 11.4. The highest BCUT2D eigenvalue weighted by Crippen LogP contribution is 2.42. The van der Waals surface area contributed by atoms with E-state index >= 15 is 0 Å². The van der Waals surface area contributed by atoms with Crippen molar-refractivity contribution in [2.24, 2.45) is 0 Å². The Morgan fingerprint density at radius 3 is 1.74 bits per heavy atom. The zero-order valence-corrected chi connectivity index (χ0v) is 20.3. The number of anilines is 1. The molecule has 0 aromatic heterocycles. The third-order valence-electron chi connectivity index (χ3n) is 4.36. The molecule has 0 aliphatic carbocycles. The summed E-state index contributed by atoms with van der Waals surface area (Å²) in [6.07, 6.45) is -13.1. The van der Waals surface area contributed by atoms with E-state index in [2.05, 4.69) is 20.7 Å². The lowest BCUT2D eigenvalue weighted by molar-refractivity contribution is -0.384. The molecule has 9 nitrogen and oxygen atoms in total. The van der Waals surface area contributed by atoms with Crippen LogP contribution in [0.3, 0.4) is 0 Å². The molecule has 0 fully saturated rings. The summed E-state index contributed by atoms with van der Waals surface area (Å²) in [6, 6.07) is 2.27. The Bertz CT molecular complexity index is 1410. The number of hydrogen-bond donors (Lipinski definition) is 0. The Balaban J connectivity index is 2.67. The van der Waals surface area contributed by atoms with Crippen LogP contribution < -0.4 is 9.04 Å². The number of halogens is 11. The summed E-state index contributed by atoms with van der Waals surface area (Å²) in [7, 11) is -5.75. The molecule has 2 aromatic rings. The van der Waals surface area contributed by atoms with Crippen molar-refractivity contribution in [3.05, 3.63) is 57.1 Å². The Morgan fingerprint density at radius 1 is 0.846 bits per heavy atom. The molecule has 2 aromatic carbocycles. The fourth-order valence-electron chi connectivity index (χ4n) is 2.44. The predicted octanol–water partition coefficient (Wildman–Crippen LogP) is 5.38. The molecule has 0 saturated carbocycles. The van der Waals surface area contributed by atoms with Gasteiger partial charge in [-0.1, -0.05) is 0 Å². The van der Waals surface area contributed by atoms with Gasteiger partial charge in [-0.2, -0.15) is 48.2 Å². The minimum atomic E-state index is -6.65. The number of benzene rings is 2. The van der Waals surface area contributed by atoms with Gasteiger partial charge in [-0.05, 0) is 46.3 Å². The summed E-state index contributed by atoms with van der Waals surface area (Å²) >= 11 is 2.43. The van der Waals surface area contributed by atoms with Gasteiger partial charge in [-0.15, -0.1) is 0 Å². The number of carbonyl (C=O) groups is 2. The van der Waals surface area contributed by atoms with Crippen molar-refractivity contribution in [3.63, 3.8) is 0 Å². The number of rotatable bonds is 7. The van der Waals surface area contributed by atoms with Gasteiger partial charge in [0.2, 0.25) is 0 Å². The zero-order chi connectivity index (χ0) is 30.4. The molecule has 0 heterocycles. The van der Waals surface area contributed by atoms with Crippen LogP contribution in [-0.4, -0.2) is 49.4 Å². The van der Waals surface area contributed by atoms with E-state index in [1.54, 1.807) is 0 Å². The summed E-state index contributed by atoms with van der Waals surface area (Å²) in [5.74, 6) is -20.3. The van der Waals surface area contributed by atoms with Crippen molar-refractivity contribution >= 4 is 49.2 Å². The molecule has 0 bridgehead atoms. The lowest BCUT2D eigenvalue weighted by atomic mass is 10.2. The third kappa shape index (κ3) is 6.07. The van der Waals surface area contributed by atoms with Gasteiger partial charge in [0.1, 0.15) is 5.75 Å². The molecule has 0 unspecified atom stereocenters. The zero-order valence-electron chi connectivity index (χ0n) is 17.9. The molecule has 0 N–H and O–H groups in total. The van der Waals surface area contributed by atoms with E-state index in [1.165, 1.54) is 0 Å². The number of alkyl halides is 10. The molecule has 39 heavy (non-hydrogen) atoms. The average Bonchev–Trinajstić information content (AvgIpc) is 2.79. The lowest BCUT2D eigenvalue weighted by Gasteiger charge is -2.28. The lowest BCUT2D eigenvalue weighted by Crippen LogP contribution is -2.54. The summed E-state index contributed by atoms with van der Waals surface area (Å²) in [5.41, 5.74) is -2.13. The van der Waals surface area contributed by atoms with Gasteiger partial charge in [0.25, 0.3) is 15.7 Å². The molecule has 0 spiro atoms. The van der Waals surface area contributed by atoms with E-state index in [-0.39, 0.29) is 18.2 Å². The molecule has 2 rings (SSSR count). The predicted molar refractivity (Wildman–Crippen MR) is 110 cm³/mol. The maximum absolute atomic E-state index is 13.9. The van der Waals surface area contributed by atoms with Crippen LogP contribution in [0, 0.1) is 10.1 Å². The summed E-state index contributed by atoms with van der Waals surface area (Å²) < 4.78 is 158. The molecule has 0 atom stereocenters. The smallest absolute Gasteiger partial charge is 0.421 e. The number of hydrogen-bond acceptors (Lipinski definition) is 7. The number of esters is 1. The fourth-order valence-corrected chi connectivity index (χ4v) is 4.30. The Kier molecular flexibility index (Phi) is 8.33. The quantitative estimate of drug-likeness (QED) is 0.128. The van der Waals surface area contributed by atoms with E-state index in [9.17, 15) is 72.0 Å². The minimum absolute atomic E-state index is 0.159. The second-order valence-electron chi connectivity index (χ2n) is 6.97. The topological polar surface area (TPSA) is 124 Å². The van der Waals surface area contributed by atoms with Crippen LogP contribution in [-0.2, 0) is 19.6 Å². The number of sulfonamides is 1. The molecular formula is C18H7BrF10N2O7S. The van der Waals surface area contributed by atoms with E-state index in [0.29, 0.717) is 24.3 Å². The Labute approximate surface area is 217 Å². The number of nitro benzene ring substituents is 1. The van der Waals surface area contributed by atoms with Crippen molar-refractivity contribution in [3.8, 4) is 5.75 Å². The Morgan fingerprint density at radius 2 is 1.33 bits per heavy atom. The van der Waals surface area contributed by atoms with E-state index in [0.717, 1.165) is 0 Å². The number of non-ortho nitro benzene ring substituents is 1. The van der Waals surface area contributed by atoms with Gasteiger partial charge in [-0.3, -0.25) is 14.9 Å². The maximum atomic E-state index is 13.9. The molecular weight excluding hydrogens is 658 g/mol.